The number of likely N-dealkylation sites (tertiary alicyclic amines) is 1. The zero-order valence-corrected chi connectivity index (χ0v) is 36.2. The van der Waals surface area contributed by atoms with Gasteiger partial charge in [-0.25, -0.2) is 0 Å². The van der Waals surface area contributed by atoms with Crippen molar-refractivity contribution in [2.24, 2.45) is 11.8 Å². The Morgan fingerprint density at radius 1 is 1.02 bits per heavy atom. The number of nitrogens with zero attached hydrogens (tertiary/aromatic N) is 2. The number of hydrogen-bond donors (Lipinski definition) is 4. The van der Waals surface area contributed by atoms with E-state index in [2.05, 4.69) is 58.9 Å². The standard InChI is InChI=1S/C27H48N4O2S.C9H9ClF3N.C4H10.C2H6/c1-3-6-22(23-9-14-28-15-10-23)7-4-5-8-27(33)31-17-12-25(13-18-31)30(2)16-11-24-19-34-20-26(24)29-21-32;1-5-3-6(9(11,12)13)8(14-2)7(10)4-5;1-3-4-2;1-2/h19-23,25,27-28,33H,3-18H2,1-2H3,(H,29,32);3-4,14H,1-2H3;3-4H2,1-2H3;1-2H3. The molecule has 2 atom stereocenters. The number of amides is 1. The molecule has 4 N–H and O–H groups in total. The molecule has 0 radical (unpaired) electrons. The molecule has 12 heteroatoms. The van der Waals surface area contributed by atoms with E-state index in [-0.39, 0.29) is 16.9 Å². The van der Waals surface area contributed by atoms with Crippen LogP contribution in [0.5, 0.6) is 0 Å². The number of aliphatic hydroxyl groups is 1. The Labute approximate surface area is 335 Å². The third kappa shape index (κ3) is 18.4. The van der Waals surface area contributed by atoms with Crippen molar-refractivity contribution in [1.29, 1.82) is 0 Å². The number of benzene rings is 1. The third-order valence-corrected chi connectivity index (χ3v) is 11.6. The molecule has 2 fully saturated rings. The van der Waals surface area contributed by atoms with Gasteiger partial charge in [0.25, 0.3) is 0 Å². The van der Waals surface area contributed by atoms with E-state index in [0.717, 1.165) is 81.7 Å². The smallest absolute Gasteiger partial charge is 0.386 e. The molecule has 0 saturated carbocycles. The first-order valence-corrected chi connectivity index (χ1v) is 21.8. The predicted octanol–water partition coefficient (Wildman–Crippen LogP) is 11.1. The van der Waals surface area contributed by atoms with Gasteiger partial charge in [-0.2, -0.15) is 13.2 Å². The largest absolute Gasteiger partial charge is 0.418 e. The van der Waals surface area contributed by atoms with Crippen LogP contribution in [0.4, 0.5) is 24.5 Å². The van der Waals surface area contributed by atoms with Gasteiger partial charge in [-0.15, -0.1) is 11.3 Å². The summed E-state index contributed by atoms with van der Waals surface area (Å²) in [6, 6.07) is 3.13. The zero-order chi connectivity index (χ0) is 40.5. The van der Waals surface area contributed by atoms with Crippen LogP contribution in [-0.4, -0.2) is 80.4 Å². The summed E-state index contributed by atoms with van der Waals surface area (Å²) in [6.07, 6.45) is 11.9. The van der Waals surface area contributed by atoms with E-state index in [1.54, 1.807) is 18.3 Å². The van der Waals surface area contributed by atoms with Gasteiger partial charge in [0.15, 0.2) is 0 Å². The molecule has 3 heterocycles. The number of aliphatic hydroxyl groups excluding tert-OH is 1. The van der Waals surface area contributed by atoms with E-state index < -0.39 is 11.7 Å². The molecule has 1 amide bonds. The number of rotatable bonds is 17. The van der Waals surface area contributed by atoms with Crippen LogP contribution in [0, 0.1) is 18.8 Å². The number of carbonyl (C=O) groups excluding carboxylic acids is 1. The molecular weight excluding hydrogens is 731 g/mol. The lowest BCUT2D eigenvalue weighted by Gasteiger charge is -2.39. The van der Waals surface area contributed by atoms with E-state index in [1.807, 2.05) is 19.2 Å². The molecule has 0 spiro atoms. The number of carbonyl (C=O) groups is 1. The normalized spacial score (nSPS) is 16.6. The number of alkyl halides is 3. The monoisotopic (exact) mass is 804 g/mol. The highest BCUT2D eigenvalue weighted by atomic mass is 35.5. The minimum atomic E-state index is -4.38. The second kappa shape index (κ2) is 28.5. The summed E-state index contributed by atoms with van der Waals surface area (Å²) >= 11 is 7.32. The van der Waals surface area contributed by atoms with Crippen LogP contribution in [0.2, 0.25) is 5.02 Å². The Kier molecular flexibility index (Phi) is 26.5. The highest BCUT2D eigenvalue weighted by Gasteiger charge is 2.34. The molecule has 2 aliphatic heterocycles. The first-order valence-electron chi connectivity index (χ1n) is 20.5. The summed E-state index contributed by atoms with van der Waals surface area (Å²) in [5.74, 6) is 1.80. The average molecular weight is 805 g/mol. The van der Waals surface area contributed by atoms with Crippen LogP contribution in [0.1, 0.15) is 128 Å². The predicted molar refractivity (Wildman–Crippen MR) is 226 cm³/mol. The minimum Gasteiger partial charge on any atom is -0.386 e. The molecule has 312 valence electrons. The minimum absolute atomic E-state index is 0.0789. The summed E-state index contributed by atoms with van der Waals surface area (Å²) in [5.41, 5.74) is 1.84. The van der Waals surface area contributed by atoms with E-state index in [0.29, 0.717) is 11.6 Å². The molecule has 2 aromatic rings. The van der Waals surface area contributed by atoms with E-state index >= 15 is 0 Å². The molecule has 2 aliphatic rings. The van der Waals surface area contributed by atoms with Crippen LogP contribution >= 0.6 is 22.9 Å². The van der Waals surface area contributed by atoms with Gasteiger partial charge in [0.1, 0.15) is 6.23 Å². The van der Waals surface area contributed by atoms with Crippen LogP contribution < -0.4 is 16.0 Å². The maximum atomic E-state index is 12.5. The van der Waals surface area contributed by atoms with E-state index in [1.165, 1.54) is 83.1 Å². The SMILES string of the molecule is CC.CCCC.CCCC(CCCCC(O)N1CCC(N(C)CCc2cscc2NC=O)CC1)C1CCNCC1.CNc1c(Cl)cc(C)cc1C(F)(F)F. The van der Waals surface area contributed by atoms with E-state index in [4.69, 9.17) is 11.6 Å². The quantitative estimate of drug-likeness (QED) is 0.0942. The topological polar surface area (TPSA) is 79.9 Å². The molecule has 7 nitrogen and oxygen atoms in total. The van der Waals surface area contributed by atoms with Gasteiger partial charge in [-0.3, -0.25) is 9.69 Å². The lowest BCUT2D eigenvalue weighted by atomic mass is 9.79. The average Bonchev–Trinajstić information content (AvgIpc) is 3.62. The number of halogens is 4. The van der Waals surface area contributed by atoms with Crippen LogP contribution in [0.25, 0.3) is 0 Å². The van der Waals surface area contributed by atoms with Crippen molar-refractivity contribution in [3.8, 4) is 0 Å². The molecular formula is C42H73ClF3N5O2S. The number of thiophene rings is 1. The van der Waals surface area contributed by atoms with Gasteiger partial charge in [0.05, 0.1) is 22.0 Å². The van der Waals surface area contributed by atoms with Gasteiger partial charge in [0, 0.05) is 38.1 Å². The second-order valence-corrected chi connectivity index (χ2v) is 15.5. The van der Waals surface area contributed by atoms with E-state index in [9.17, 15) is 23.1 Å². The molecule has 4 rings (SSSR count). The fourth-order valence-electron chi connectivity index (χ4n) is 7.25. The molecule has 0 bridgehead atoms. The molecule has 2 saturated heterocycles. The Morgan fingerprint density at radius 3 is 2.20 bits per heavy atom. The zero-order valence-electron chi connectivity index (χ0n) is 34.6. The Hall–Kier alpha value is -1.89. The molecule has 1 aromatic carbocycles. The highest BCUT2D eigenvalue weighted by molar-refractivity contribution is 7.08. The number of hydrogen-bond acceptors (Lipinski definition) is 7. The van der Waals surface area contributed by atoms with Crippen LogP contribution in [-0.2, 0) is 17.4 Å². The maximum absolute atomic E-state index is 12.5. The number of aryl methyl sites for hydroxylation is 1. The number of anilines is 2. The molecule has 1 aromatic heterocycles. The van der Waals surface area contributed by atoms with Gasteiger partial charge in [-0.1, -0.05) is 84.7 Å². The van der Waals surface area contributed by atoms with Gasteiger partial charge < -0.3 is 26.0 Å². The van der Waals surface area contributed by atoms with Crippen molar-refractivity contribution in [1.82, 2.24) is 15.1 Å². The molecule has 0 aliphatic carbocycles. The third-order valence-electron chi connectivity index (χ3n) is 10.5. The summed E-state index contributed by atoms with van der Waals surface area (Å²) in [6.45, 7) is 17.6. The number of likely N-dealkylation sites (N-methyl/N-ethyl adjacent to an activating group) is 1. The van der Waals surface area contributed by atoms with Crippen LogP contribution in [0.3, 0.4) is 0 Å². The Bertz CT molecular complexity index is 1250. The lowest BCUT2D eigenvalue weighted by molar-refractivity contribution is -0.137. The summed E-state index contributed by atoms with van der Waals surface area (Å²) in [5, 5.41) is 23.8. The van der Waals surface area contributed by atoms with Gasteiger partial charge in [0.2, 0.25) is 6.41 Å². The highest BCUT2D eigenvalue weighted by Crippen LogP contribution is 2.39. The van der Waals surface area contributed by atoms with Crippen LogP contribution in [0.15, 0.2) is 22.9 Å². The summed E-state index contributed by atoms with van der Waals surface area (Å²) in [4.78, 5) is 15.5. The second-order valence-electron chi connectivity index (χ2n) is 14.4. The fraction of sp³-hybridized carbons (Fsp3) is 0.738. The molecule has 54 heavy (non-hydrogen) atoms. The Morgan fingerprint density at radius 2 is 1.65 bits per heavy atom. The first-order chi connectivity index (χ1) is 25.9. The van der Waals surface area contributed by atoms with Crippen molar-refractivity contribution in [2.45, 2.75) is 143 Å². The number of piperidine rings is 2. The fourth-order valence-corrected chi connectivity index (χ4v) is 8.45. The number of nitrogens with one attached hydrogen (secondary N) is 3. The van der Waals surface area contributed by atoms with Gasteiger partial charge >= 0.3 is 6.18 Å². The van der Waals surface area contributed by atoms with Crippen molar-refractivity contribution < 1.29 is 23.1 Å². The van der Waals surface area contributed by atoms with Crippen molar-refractivity contribution in [2.75, 3.05) is 57.5 Å². The number of unbranched alkanes of at least 4 members (excludes halogenated alkanes) is 2. The van der Waals surface area contributed by atoms with Crippen molar-refractivity contribution >= 4 is 40.7 Å². The Balaban J connectivity index is 0.000000602. The first kappa shape index (κ1) is 50.1. The summed E-state index contributed by atoms with van der Waals surface area (Å²) in [7, 11) is 3.62. The van der Waals surface area contributed by atoms with Crippen molar-refractivity contribution in [3.05, 3.63) is 44.6 Å². The maximum Gasteiger partial charge on any atom is 0.418 e. The van der Waals surface area contributed by atoms with Gasteiger partial charge in [-0.05, 0) is 112 Å². The summed E-state index contributed by atoms with van der Waals surface area (Å²) < 4.78 is 37.5. The van der Waals surface area contributed by atoms with Crippen molar-refractivity contribution in [3.63, 3.8) is 0 Å². The lowest BCUT2D eigenvalue weighted by Crippen LogP contribution is -2.47. The molecule has 2 unspecified atom stereocenters.